The van der Waals surface area contributed by atoms with Gasteiger partial charge in [-0.1, -0.05) is 5.16 Å². The highest BCUT2D eigenvalue weighted by atomic mass is 19.4. The number of amides is 1. The summed E-state index contributed by atoms with van der Waals surface area (Å²) in [6.07, 6.45) is -2.41. The molecule has 0 aliphatic heterocycles. The van der Waals surface area contributed by atoms with E-state index in [2.05, 4.69) is 15.5 Å². The Morgan fingerprint density at radius 1 is 1.23 bits per heavy atom. The maximum absolute atomic E-state index is 12.7. The molecule has 26 heavy (non-hydrogen) atoms. The molecule has 1 saturated carbocycles. The van der Waals surface area contributed by atoms with Crippen molar-refractivity contribution in [3.8, 4) is 0 Å². The number of benzene rings is 1. The highest BCUT2D eigenvalue weighted by Gasteiger charge is 2.30. The molecule has 1 amide bonds. The summed E-state index contributed by atoms with van der Waals surface area (Å²) >= 11 is 0. The summed E-state index contributed by atoms with van der Waals surface area (Å²) in [6, 6.07) is 6.02. The summed E-state index contributed by atoms with van der Waals surface area (Å²) in [7, 11) is 0. The number of alkyl halides is 3. The number of anilines is 1. The Morgan fingerprint density at radius 2 is 1.92 bits per heavy atom. The lowest BCUT2D eigenvalue weighted by Gasteiger charge is -2.10. The van der Waals surface area contributed by atoms with E-state index in [0.29, 0.717) is 28.3 Å². The van der Waals surface area contributed by atoms with Crippen LogP contribution in [0.3, 0.4) is 0 Å². The van der Waals surface area contributed by atoms with E-state index >= 15 is 0 Å². The Morgan fingerprint density at radius 3 is 2.54 bits per heavy atom. The van der Waals surface area contributed by atoms with Crippen LogP contribution in [0.5, 0.6) is 0 Å². The molecule has 2 heterocycles. The minimum atomic E-state index is -4.42. The molecule has 4 rings (SSSR count). The van der Waals surface area contributed by atoms with Gasteiger partial charge in [0.2, 0.25) is 0 Å². The van der Waals surface area contributed by atoms with Crippen LogP contribution >= 0.6 is 0 Å². The van der Waals surface area contributed by atoms with Crippen molar-refractivity contribution in [1.29, 1.82) is 0 Å². The molecular formula is C18H14F3N3O2. The van der Waals surface area contributed by atoms with Crippen molar-refractivity contribution in [3.05, 3.63) is 52.8 Å². The molecule has 3 aromatic rings. The van der Waals surface area contributed by atoms with Crippen molar-refractivity contribution in [3.63, 3.8) is 0 Å². The van der Waals surface area contributed by atoms with Gasteiger partial charge in [0.1, 0.15) is 0 Å². The van der Waals surface area contributed by atoms with Gasteiger partial charge in [-0.3, -0.25) is 4.79 Å². The lowest BCUT2D eigenvalue weighted by Crippen LogP contribution is -2.14. The van der Waals surface area contributed by atoms with Crippen LogP contribution in [0.25, 0.3) is 11.1 Å². The number of hydrogen-bond donors (Lipinski definition) is 1. The zero-order valence-corrected chi connectivity index (χ0v) is 13.7. The largest absolute Gasteiger partial charge is 0.416 e. The molecule has 0 saturated heterocycles. The van der Waals surface area contributed by atoms with Gasteiger partial charge in [0, 0.05) is 17.3 Å². The molecule has 0 spiro atoms. The zero-order chi connectivity index (χ0) is 18.5. The third kappa shape index (κ3) is 3.02. The predicted octanol–water partition coefficient (Wildman–Crippen LogP) is 4.68. The van der Waals surface area contributed by atoms with Crippen LogP contribution in [-0.2, 0) is 6.18 Å². The lowest BCUT2D eigenvalue weighted by atomic mass is 10.1. The number of aromatic nitrogens is 2. The van der Waals surface area contributed by atoms with E-state index in [1.54, 1.807) is 13.0 Å². The summed E-state index contributed by atoms with van der Waals surface area (Å²) < 4.78 is 43.1. The van der Waals surface area contributed by atoms with Gasteiger partial charge in [-0.25, -0.2) is 4.98 Å². The van der Waals surface area contributed by atoms with Gasteiger partial charge in [-0.05, 0) is 50.1 Å². The maximum atomic E-state index is 12.7. The number of hydrogen-bond acceptors (Lipinski definition) is 4. The average Bonchev–Trinajstić information content (AvgIpc) is 3.38. The first-order chi connectivity index (χ1) is 12.3. The molecule has 0 atom stereocenters. The minimum Gasteiger partial charge on any atom is -0.336 e. The fourth-order valence-electron chi connectivity index (χ4n) is 2.82. The molecule has 2 aromatic heterocycles. The quantitative estimate of drug-likeness (QED) is 0.735. The Labute approximate surface area is 146 Å². The Hall–Kier alpha value is -2.90. The number of carbonyl (C=O) groups is 1. The Bertz CT molecular complexity index is 989. The molecule has 1 fully saturated rings. The van der Waals surface area contributed by atoms with Crippen molar-refractivity contribution in [1.82, 2.24) is 10.1 Å². The fourth-order valence-corrected chi connectivity index (χ4v) is 2.82. The molecule has 0 unspecified atom stereocenters. The predicted molar refractivity (Wildman–Crippen MR) is 87.9 cm³/mol. The molecule has 8 heteroatoms. The van der Waals surface area contributed by atoms with E-state index in [0.717, 1.165) is 30.7 Å². The van der Waals surface area contributed by atoms with E-state index in [1.807, 2.05) is 0 Å². The summed E-state index contributed by atoms with van der Waals surface area (Å²) in [5.41, 5.74) is 1.46. The van der Waals surface area contributed by atoms with Gasteiger partial charge in [0.15, 0.2) is 0 Å². The molecule has 0 bridgehead atoms. The average molecular weight is 361 g/mol. The lowest BCUT2D eigenvalue weighted by molar-refractivity contribution is -0.137. The van der Waals surface area contributed by atoms with Crippen molar-refractivity contribution in [2.45, 2.75) is 31.9 Å². The molecular weight excluding hydrogens is 347 g/mol. The third-order valence-electron chi connectivity index (χ3n) is 4.35. The van der Waals surface area contributed by atoms with Crippen LogP contribution in [0.2, 0.25) is 0 Å². The SMILES string of the molecule is Cc1noc2nc(C3CC3)cc(C(=O)Nc3ccc(C(F)(F)F)cc3)c12. The van der Waals surface area contributed by atoms with Gasteiger partial charge in [0.05, 0.1) is 22.2 Å². The standard InChI is InChI=1S/C18H14F3N3O2/c1-9-15-13(8-14(10-2-3-10)23-17(15)26-24-9)16(25)22-12-6-4-11(5-7-12)18(19,20)21/h4-8,10H,2-3H2,1H3,(H,22,25). The van der Waals surface area contributed by atoms with Crippen LogP contribution < -0.4 is 5.32 Å². The number of halogens is 3. The Kier molecular flexibility index (Phi) is 3.71. The van der Waals surface area contributed by atoms with Crippen molar-refractivity contribution in [2.75, 3.05) is 5.32 Å². The first kappa shape index (κ1) is 16.6. The van der Waals surface area contributed by atoms with Gasteiger partial charge < -0.3 is 9.84 Å². The summed E-state index contributed by atoms with van der Waals surface area (Å²) in [6.45, 7) is 1.71. The number of carbonyl (C=O) groups excluding carboxylic acids is 1. The van der Waals surface area contributed by atoms with Gasteiger partial charge in [-0.2, -0.15) is 13.2 Å². The molecule has 5 nitrogen and oxygen atoms in total. The normalized spacial score (nSPS) is 14.6. The fraction of sp³-hybridized carbons (Fsp3) is 0.278. The van der Waals surface area contributed by atoms with Crippen LogP contribution in [0.1, 0.15) is 46.1 Å². The minimum absolute atomic E-state index is 0.273. The maximum Gasteiger partial charge on any atom is 0.416 e. The second-order valence-electron chi connectivity index (χ2n) is 6.35. The summed E-state index contributed by atoms with van der Waals surface area (Å²) in [5.74, 6) is -0.132. The van der Waals surface area contributed by atoms with Crippen LogP contribution in [0, 0.1) is 6.92 Å². The molecule has 0 radical (unpaired) electrons. The van der Waals surface area contributed by atoms with Gasteiger partial charge >= 0.3 is 6.18 Å². The van der Waals surface area contributed by atoms with E-state index in [4.69, 9.17) is 4.52 Å². The van der Waals surface area contributed by atoms with E-state index in [1.165, 1.54) is 12.1 Å². The highest BCUT2D eigenvalue weighted by Crippen LogP contribution is 2.40. The van der Waals surface area contributed by atoms with Crippen LogP contribution in [0.4, 0.5) is 18.9 Å². The first-order valence-corrected chi connectivity index (χ1v) is 8.08. The number of rotatable bonds is 3. The van der Waals surface area contributed by atoms with Gasteiger partial charge in [-0.15, -0.1) is 0 Å². The number of nitrogens with zero attached hydrogens (tertiary/aromatic N) is 2. The van der Waals surface area contributed by atoms with Gasteiger partial charge in [0.25, 0.3) is 11.6 Å². The van der Waals surface area contributed by atoms with Crippen molar-refractivity contribution >= 4 is 22.7 Å². The highest BCUT2D eigenvalue weighted by molar-refractivity contribution is 6.12. The second-order valence-corrected chi connectivity index (χ2v) is 6.35. The molecule has 1 aliphatic rings. The first-order valence-electron chi connectivity index (χ1n) is 8.08. The molecule has 1 aliphatic carbocycles. The number of aryl methyl sites for hydroxylation is 1. The Balaban J connectivity index is 1.66. The van der Waals surface area contributed by atoms with Crippen LogP contribution in [0.15, 0.2) is 34.9 Å². The number of fused-ring (bicyclic) bond motifs is 1. The molecule has 1 aromatic carbocycles. The summed E-state index contributed by atoms with van der Waals surface area (Å²) in [4.78, 5) is 17.1. The zero-order valence-electron chi connectivity index (χ0n) is 13.7. The molecule has 1 N–H and O–H groups in total. The van der Waals surface area contributed by atoms with Crippen molar-refractivity contribution < 1.29 is 22.5 Å². The second kappa shape index (κ2) is 5.82. The number of nitrogens with one attached hydrogen (secondary N) is 1. The summed E-state index contributed by atoms with van der Waals surface area (Å²) in [5, 5.41) is 7.00. The molecule has 134 valence electrons. The number of pyridine rings is 1. The smallest absolute Gasteiger partial charge is 0.336 e. The van der Waals surface area contributed by atoms with E-state index < -0.39 is 17.6 Å². The monoisotopic (exact) mass is 361 g/mol. The van der Waals surface area contributed by atoms with E-state index in [-0.39, 0.29) is 5.69 Å². The van der Waals surface area contributed by atoms with E-state index in [9.17, 15) is 18.0 Å². The van der Waals surface area contributed by atoms with Crippen LogP contribution in [-0.4, -0.2) is 16.0 Å². The topological polar surface area (TPSA) is 68.0 Å². The van der Waals surface area contributed by atoms with Crippen molar-refractivity contribution in [2.24, 2.45) is 0 Å². The third-order valence-corrected chi connectivity index (χ3v) is 4.35.